The molecule has 24 heavy (non-hydrogen) atoms. The highest BCUT2D eigenvalue weighted by molar-refractivity contribution is 6.31. The van der Waals surface area contributed by atoms with Crippen molar-refractivity contribution in [3.05, 3.63) is 58.5 Å². The number of benzene rings is 1. The fourth-order valence-corrected chi connectivity index (χ4v) is 2.81. The lowest BCUT2D eigenvalue weighted by atomic mass is 10.1. The maximum atomic E-state index is 12.1. The molecule has 1 amide bonds. The standard InChI is InChI=1S/C17H16ClN5O/c1-9-7-23(8-13(9)16(24)22-17(19)20)15-5-10(2)21-14-6-11(18)3-4-12(14)15/h3-8H,1-2H3,(H4,19,20,22,24). The summed E-state index contributed by atoms with van der Waals surface area (Å²) < 4.78 is 1.87. The average Bonchev–Trinajstić information content (AvgIpc) is 2.87. The highest BCUT2D eigenvalue weighted by atomic mass is 35.5. The Labute approximate surface area is 143 Å². The minimum absolute atomic E-state index is 0.382. The zero-order valence-corrected chi connectivity index (χ0v) is 14.0. The summed E-state index contributed by atoms with van der Waals surface area (Å²) in [7, 11) is 0. The number of aryl methyl sites for hydroxylation is 2. The maximum absolute atomic E-state index is 12.1. The molecule has 0 aliphatic rings. The summed E-state index contributed by atoms with van der Waals surface area (Å²) in [5.74, 6) is -0.788. The SMILES string of the molecule is Cc1cc(-n2cc(C)c(C(=O)NC(=N)N)c2)c2ccc(Cl)cc2n1. The van der Waals surface area contributed by atoms with E-state index >= 15 is 0 Å². The molecular weight excluding hydrogens is 326 g/mol. The molecule has 0 aliphatic carbocycles. The first-order chi connectivity index (χ1) is 11.3. The topological polar surface area (TPSA) is 96.8 Å². The zero-order valence-electron chi connectivity index (χ0n) is 13.2. The fraction of sp³-hybridized carbons (Fsp3) is 0.118. The number of nitrogens with two attached hydrogens (primary N) is 1. The normalized spacial score (nSPS) is 10.8. The average molecular weight is 342 g/mol. The van der Waals surface area contributed by atoms with Crippen molar-refractivity contribution in [3.63, 3.8) is 0 Å². The van der Waals surface area contributed by atoms with E-state index in [1.807, 2.05) is 48.9 Å². The van der Waals surface area contributed by atoms with E-state index in [2.05, 4.69) is 10.3 Å². The zero-order chi connectivity index (χ0) is 17.4. The highest BCUT2D eigenvalue weighted by Crippen LogP contribution is 2.26. The maximum Gasteiger partial charge on any atom is 0.259 e. The molecular formula is C17H16ClN5O. The number of carbonyl (C=O) groups excluding carboxylic acids is 1. The van der Waals surface area contributed by atoms with E-state index < -0.39 is 5.91 Å². The molecule has 1 aromatic carbocycles. The molecule has 2 aromatic heterocycles. The number of hydrogen-bond donors (Lipinski definition) is 3. The number of amides is 1. The van der Waals surface area contributed by atoms with E-state index in [0.717, 1.165) is 27.8 Å². The van der Waals surface area contributed by atoms with Crippen LogP contribution in [-0.4, -0.2) is 21.4 Å². The molecule has 0 saturated carbocycles. The van der Waals surface area contributed by atoms with Crippen molar-refractivity contribution >= 4 is 34.4 Å². The number of fused-ring (bicyclic) bond motifs is 1. The van der Waals surface area contributed by atoms with Crippen LogP contribution in [0.5, 0.6) is 0 Å². The van der Waals surface area contributed by atoms with Crippen LogP contribution in [0, 0.1) is 19.3 Å². The summed E-state index contributed by atoms with van der Waals surface area (Å²) in [5, 5.41) is 11.0. The molecule has 3 aromatic rings. The minimum atomic E-state index is -0.406. The first-order valence-electron chi connectivity index (χ1n) is 7.26. The molecule has 0 spiro atoms. The summed E-state index contributed by atoms with van der Waals surface area (Å²) in [4.78, 5) is 16.6. The predicted octanol–water partition coefficient (Wildman–Crippen LogP) is 2.92. The van der Waals surface area contributed by atoms with Crippen LogP contribution >= 0.6 is 11.6 Å². The van der Waals surface area contributed by atoms with Crippen molar-refractivity contribution in [1.82, 2.24) is 14.9 Å². The van der Waals surface area contributed by atoms with Crippen LogP contribution < -0.4 is 11.1 Å². The lowest BCUT2D eigenvalue weighted by Gasteiger charge is -2.09. The van der Waals surface area contributed by atoms with Crippen molar-refractivity contribution in [2.75, 3.05) is 0 Å². The van der Waals surface area contributed by atoms with Gasteiger partial charge in [0.2, 0.25) is 0 Å². The number of halogens is 1. The molecule has 2 heterocycles. The van der Waals surface area contributed by atoms with Crippen molar-refractivity contribution in [3.8, 4) is 5.69 Å². The van der Waals surface area contributed by atoms with E-state index in [9.17, 15) is 4.79 Å². The van der Waals surface area contributed by atoms with E-state index in [4.69, 9.17) is 22.7 Å². The van der Waals surface area contributed by atoms with Crippen LogP contribution in [0.25, 0.3) is 16.6 Å². The Morgan fingerprint density at radius 1 is 1.29 bits per heavy atom. The van der Waals surface area contributed by atoms with Crippen LogP contribution in [0.3, 0.4) is 0 Å². The van der Waals surface area contributed by atoms with Gasteiger partial charge in [0, 0.05) is 28.5 Å². The Kier molecular flexibility index (Phi) is 3.99. The van der Waals surface area contributed by atoms with Gasteiger partial charge in [-0.05, 0) is 43.7 Å². The van der Waals surface area contributed by atoms with Crippen LogP contribution in [0.2, 0.25) is 5.02 Å². The third kappa shape index (κ3) is 2.96. The second kappa shape index (κ2) is 5.98. The van der Waals surface area contributed by atoms with Crippen LogP contribution in [-0.2, 0) is 0 Å². The van der Waals surface area contributed by atoms with Gasteiger partial charge in [-0.1, -0.05) is 11.6 Å². The number of nitrogens with zero attached hydrogens (tertiary/aromatic N) is 2. The van der Waals surface area contributed by atoms with Gasteiger partial charge in [0.15, 0.2) is 5.96 Å². The molecule has 122 valence electrons. The second-order valence-corrected chi connectivity index (χ2v) is 6.01. The number of aromatic nitrogens is 2. The van der Waals surface area contributed by atoms with Gasteiger partial charge in [-0.25, -0.2) is 0 Å². The number of carbonyl (C=O) groups is 1. The lowest BCUT2D eigenvalue weighted by molar-refractivity contribution is 0.0976. The first kappa shape index (κ1) is 16.0. The third-order valence-corrected chi connectivity index (χ3v) is 3.91. The number of pyridine rings is 1. The molecule has 4 N–H and O–H groups in total. The molecule has 0 aliphatic heterocycles. The summed E-state index contributed by atoms with van der Waals surface area (Å²) in [6.07, 6.45) is 3.58. The van der Waals surface area contributed by atoms with Gasteiger partial charge in [-0.3, -0.25) is 20.5 Å². The van der Waals surface area contributed by atoms with Crippen molar-refractivity contribution in [1.29, 1.82) is 5.41 Å². The molecule has 0 unspecified atom stereocenters. The largest absolute Gasteiger partial charge is 0.370 e. The van der Waals surface area contributed by atoms with Gasteiger partial charge in [-0.2, -0.15) is 0 Å². The van der Waals surface area contributed by atoms with Gasteiger partial charge >= 0.3 is 0 Å². The summed E-state index contributed by atoms with van der Waals surface area (Å²) in [6.45, 7) is 3.74. The molecule has 0 saturated heterocycles. The third-order valence-electron chi connectivity index (χ3n) is 3.67. The van der Waals surface area contributed by atoms with Crippen LogP contribution in [0.15, 0.2) is 36.7 Å². The molecule has 0 atom stereocenters. The molecule has 0 bridgehead atoms. The highest BCUT2D eigenvalue weighted by Gasteiger charge is 2.15. The van der Waals surface area contributed by atoms with Gasteiger partial charge in [-0.15, -0.1) is 0 Å². The van der Waals surface area contributed by atoms with Crippen molar-refractivity contribution in [2.45, 2.75) is 13.8 Å². The fourth-order valence-electron chi connectivity index (χ4n) is 2.65. The van der Waals surface area contributed by atoms with E-state index in [1.54, 1.807) is 6.20 Å². The smallest absolute Gasteiger partial charge is 0.259 e. The van der Waals surface area contributed by atoms with E-state index in [1.165, 1.54) is 0 Å². The number of hydrogen-bond acceptors (Lipinski definition) is 3. The predicted molar refractivity (Wildman–Crippen MR) is 94.9 cm³/mol. The van der Waals surface area contributed by atoms with Gasteiger partial charge in [0.25, 0.3) is 5.91 Å². The minimum Gasteiger partial charge on any atom is -0.370 e. The molecule has 6 nitrogen and oxygen atoms in total. The Hall–Kier alpha value is -2.86. The van der Waals surface area contributed by atoms with Crippen LogP contribution in [0.1, 0.15) is 21.6 Å². The van der Waals surface area contributed by atoms with E-state index in [-0.39, 0.29) is 5.96 Å². The Morgan fingerprint density at radius 3 is 2.75 bits per heavy atom. The number of nitrogens with one attached hydrogen (secondary N) is 2. The Balaban J connectivity index is 2.15. The molecule has 7 heteroatoms. The summed E-state index contributed by atoms with van der Waals surface area (Å²) in [5.41, 5.74) is 9.01. The van der Waals surface area contributed by atoms with Crippen LogP contribution in [0.4, 0.5) is 0 Å². The van der Waals surface area contributed by atoms with E-state index in [0.29, 0.717) is 10.6 Å². The first-order valence-corrected chi connectivity index (χ1v) is 7.64. The monoisotopic (exact) mass is 341 g/mol. The van der Waals surface area contributed by atoms with Gasteiger partial charge < -0.3 is 10.3 Å². The molecule has 0 fully saturated rings. The number of guanidine groups is 1. The molecule has 3 rings (SSSR count). The van der Waals surface area contributed by atoms with Gasteiger partial charge in [0.1, 0.15) is 0 Å². The Morgan fingerprint density at radius 2 is 2.04 bits per heavy atom. The lowest BCUT2D eigenvalue weighted by Crippen LogP contribution is -2.35. The van der Waals surface area contributed by atoms with Crippen molar-refractivity contribution in [2.24, 2.45) is 5.73 Å². The summed E-state index contributed by atoms with van der Waals surface area (Å²) >= 11 is 6.06. The molecule has 0 radical (unpaired) electrons. The van der Waals surface area contributed by atoms with Gasteiger partial charge in [0.05, 0.1) is 16.8 Å². The number of rotatable bonds is 2. The second-order valence-electron chi connectivity index (χ2n) is 5.57. The quantitative estimate of drug-likeness (QED) is 0.494. The van der Waals surface area contributed by atoms with Crippen molar-refractivity contribution < 1.29 is 4.79 Å². The summed E-state index contributed by atoms with van der Waals surface area (Å²) in [6, 6.07) is 7.48. The Bertz CT molecular complexity index is 971.